The Hall–Kier alpha value is -0.830. The highest BCUT2D eigenvalue weighted by molar-refractivity contribution is 14.0. The molecule has 0 saturated heterocycles. The Balaban J connectivity index is 0.00000441. The van der Waals surface area contributed by atoms with E-state index in [-0.39, 0.29) is 24.0 Å². The molecule has 6 nitrogen and oxygen atoms in total. The van der Waals surface area contributed by atoms with Gasteiger partial charge in [0.15, 0.2) is 5.96 Å². The van der Waals surface area contributed by atoms with Gasteiger partial charge in [-0.05, 0) is 40.3 Å². The lowest BCUT2D eigenvalue weighted by Crippen LogP contribution is -2.42. The number of rotatable bonds is 9. The minimum Gasteiger partial charge on any atom is -0.357 e. The van der Waals surface area contributed by atoms with Crippen molar-refractivity contribution in [1.29, 1.82) is 0 Å². The van der Waals surface area contributed by atoms with Crippen molar-refractivity contribution in [2.24, 2.45) is 4.99 Å². The summed E-state index contributed by atoms with van der Waals surface area (Å²) < 4.78 is 1.94. The molecule has 1 aromatic heterocycles. The molecule has 0 aliphatic heterocycles. The number of guanidine groups is 1. The number of hydrogen-bond acceptors (Lipinski definition) is 3. The van der Waals surface area contributed by atoms with E-state index < -0.39 is 0 Å². The molecular weight excluding hydrogens is 391 g/mol. The van der Waals surface area contributed by atoms with Crippen LogP contribution in [0.2, 0.25) is 0 Å². The average molecular weight is 422 g/mol. The van der Waals surface area contributed by atoms with Crippen molar-refractivity contribution >= 4 is 29.9 Å². The number of nitrogens with zero attached hydrogens (tertiary/aromatic N) is 4. The van der Waals surface area contributed by atoms with E-state index >= 15 is 0 Å². The summed E-state index contributed by atoms with van der Waals surface area (Å²) in [6.07, 6.45) is 4.78. The minimum absolute atomic E-state index is 0. The average Bonchev–Trinajstić information content (AvgIpc) is 2.96. The normalized spacial score (nSPS) is 11.6. The molecule has 0 unspecified atom stereocenters. The van der Waals surface area contributed by atoms with Crippen LogP contribution in [0.5, 0.6) is 0 Å². The molecular formula is C15H31IN6. The first-order chi connectivity index (χ1) is 10.1. The number of halogens is 1. The van der Waals surface area contributed by atoms with Crippen molar-refractivity contribution in [3.8, 4) is 0 Å². The topological polar surface area (TPSA) is 57.5 Å². The second kappa shape index (κ2) is 12.7. The quantitative estimate of drug-likeness (QED) is 0.276. The van der Waals surface area contributed by atoms with Gasteiger partial charge < -0.3 is 15.5 Å². The molecule has 0 atom stereocenters. The van der Waals surface area contributed by atoms with Gasteiger partial charge in [-0.1, -0.05) is 0 Å². The lowest BCUT2D eigenvalue weighted by atomic mass is 10.3. The molecule has 0 bridgehead atoms. The Labute approximate surface area is 151 Å². The third-order valence-corrected chi connectivity index (χ3v) is 3.36. The van der Waals surface area contributed by atoms with E-state index in [0.717, 1.165) is 45.1 Å². The lowest BCUT2D eigenvalue weighted by Gasteiger charge is -2.21. The summed E-state index contributed by atoms with van der Waals surface area (Å²) in [5.41, 5.74) is 0. The standard InChI is InChI=1S/C15H30N6.HI/c1-5-16-15(18-10-13-20(4)14(2)3)17-8-6-11-21-12-7-9-19-21;/h7,9,12,14H,5-6,8,10-11,13H2,1-4H3,(H2,16,17,18);1H. The molecule has 1 aromatic rings. The zero-order valence-electron chi connectivity index (χ0n) is 14.2. The fraction of sp³-hybridized carbons (Fsp3) is 0.733. The first-order valence-corrected chi connectivity index (χ1v) is 7.83. The predicted octanol–water partition coefficient (Wildman–Crippen LogP) is 1.79. The van der Waals surface area contributed by atoms with Crippen molar-refractivity contribution in [1.82, 2.24) is 25.3 Å². The van der Waals surface area contributed by atoms with Crippen molar-refractivity contribution in [2.75, 3.05) is 33.2 Å². The maximum Gasteiger partial charge on any atom is 0.191 e. The molecule has 7 heteroatoms. The van der Waals surface area contributed by atoms with Gasteiger partial charge in [-0.2, -0.15) is 5.10 Å². The van der Waals surface area contributed by atoms with Crippen molar-refractivity contribution in [3.05, 3.63) is 18.5 Å². The van der Waals surface area contributed by atoms with Crippen LogP contribution in [0.4, 0.5) is 0 Å². The molecule has 1 heterocycles. The molecule has 22 heavy (non-hydrogen) atoms. The Bertz CT molecular complexity index is 391. The van der Waals surface area contributed by atoms with E-state index in [2.05, 4.69) is 53.4 Å². The van der Waals surface area contributed by atoms with Crippen LogP contribution in [0.1, 0.15) is 27.2 Å². The van der Waals surface area contributed by atoms with Crippen LogP contribution in [0.15, 0.2) is 23.5 Å². The summed E-state index contributed by atoms with van der Waals surface area (Å²) in [4.78, 5) is 6.90. The number of aliphatic imine (C=N–C) groups is 1. The van der Waals surface area contributed by atoms with Crippen LogP contribution in [-0.2, 0) is 6.54 Å². The molecule has 0 aliphatic rings. The Morgan fingerprint density at radius 1 is 1.36 bits per heavy atom. The Morgan fingerprint density at radius 3 is 2.73 bits per heavy atom. The number of aryl methyl sites for hydroxylation is 1. The summed E-state index contributed by atoms with van der Waals surface area (Å²) in [6.45, 7) is 11.0. The van der Waals surface area contributed by atoms with Gasteiger partial charge >= 0.3 is 0 Å². The molecule has 2 N–H and O–H groups in total. The second-order valence-electron chi connectivity index (χ2n) is 5.38. The first-order valence-electron chi connectivity index (χ1n) is 7.83. The van der Waals surface area contributed by atoms with Gasteiger partial charge in [0, 0.05) is 51.2 Å². The molecule has 0 radical (unpaired) electrons. The van der Waals surface area contributed by atoms with Crippen LogP contribution in [-0.4, -0.2) is 59.9 Å². The summed E-state index contributed by atoms with van der Waals surface area (Å²) in [7, 11) is 2.14. The molecule has 0 amide bonds. The summed E-state index contributed by atoms with van der Waals surface area (Å²) in [5, 5.41) is 10.8. The van der Waals surface area contributed by atoms with E-state index in [4.69, 9.17) is 0 Å². The fourth-order valence-electron chi connectivity index (χ4n) is 1.81. The van der Waals surface area contributed by atoms with Gasteiger partial charge in [0.2, 0.25) is 0 Å². The second-order valence-corrected chi connectivity index (χ2v) is 5.38. The van der Waals surface area contributed by atoms with Gasteiger partial charge in [-0.25, -0.2) is 0 Å². The van der Waals surface area contributed by atoms with Crippen LogP contribution in [0, 0.1) is 0 Å². The van der Waals surface area contributed by atoms with Crippen LogP contribution < -0.4 is 10.6 Å². The third-order valence-electron chi connectivity index (χ3n) is 3.36. The van der Waals surface area contributed by atoms with Gasteiger partial charge in [-0.3, -0.25) is 9.67 Å². The van der Waals surface area contributed by atoms with Crippen molar-refractivity contribution in [3.63, 3.8) is 0 Å². The van der Waals surface area contributed by atoms with E-state index in [1.54, 1.807) is 6.20 Å². The fourth-order valence-corrected chi connectivity index (χ4v) is 1.81. The number of hydrogen-bond donors (Lipinski definition) is 2. The maximum atomic E-state index is 4.59. The first kappa shape index (κ1) is 21.2. The largest absolute Gasteiger partial charge is 0.357 e. The third kappa shape index (κ3) is 9.24. The molecule has 0 aliphatic carbocycles. The highest BCUT2D eigenvalue weighted by atomic mass is 127. The van der Waals surface area contributed by atoms with Crippen molar-refractivity contribution < 1.29 is 0 Å². The van der Waals surface area contributed by atoms with Gasteiger partial charge in [0.25, 0.3) is 0 Å². The molecule has 0 fully saturated rings. The van der Waals surface area contributed by atoms with Gasteiger partial charge in [0.05, 0.1) is 0 Å². The summed E-state index contributed by atoms with van der Waals surface area (Å²) in [6, 6.07) is 2.51. The zero-order chi connectivity index (χ0) is 15.5. The van der Waals surface area contributed by atoms with Crippen LogP contribution in [0.3, 0.4) is 0 Å². The van der Waals surface area contributed by atoms with E-state index in [0.29, 0.717) is 6.04 Å². The monoisotopic (exact) mass is 422 g/mol. The SMILES string of the molecule is CCNC(=NCCCn1cccn1)NCCN(C)C(C)C.I. The lowest BCUT2D eigenvalue weighted by molar-refractivity contribution is 0.278. The van der Waals surface area contributed by atoms with E-state index in [1.165, 1.54) is 0 Å². The molecule has 128 valence electrons. The molecule has 1 rings (SSSR count). The zero-order valence-corrected chi connectivity index (χ0v) is 16.6. The number of nitrogens with one attached hydrogen (secondary N) is 2. The van der Waals surface area contributed by atoms with Gasteiger partial charge in [-0.15, -0.1) is 24.0 Å². The Morgan fingerprint density at radius 2 is 2.14 bits per heavy atom. The van der Waals surface area contributed by atoms with E-state index in [9.17, 15) is 0 Å². The molecule has 0 aromatic carbocycles. The number of aromatic nitrogens is 2. The van der Waals surface area contributed by atoms with E-state index in [1.807, 2.05) is 16.9 Å². The highest BCUT2D eigenvalue weighted by Crippen LogP contribution is 1.92. The van der Waals surface area contributed by atoms with Crippen LogP contribution in [0.25, 0.3) is 0 Å². The van der Waals surface area contributed by atoms with Crippen LogP contribution >= 0.6 is 24.0 Å². The molecule has 0 saturated carbocycles. The smallest absolute Gasteiger partial charge is 0.191 e. The maximum absolute atomic E-state index is 4.59. The van der Waals surface area contributed by atoms with Gasteiger partial charge in [0.1, 0.15) is 0 Å². The highest BCUT2D eigenvalue weighted by Gasteiger charge is 2.03. The summed E-state index contributed by atoms with van der Waals surface area (Å²) >= 11 is 0. The van der Waals surface area contributed by atoms with Crippen molar-refractivity contribution in [2.45, 2.75) is 39.8 Å². The Kier molecular flexibility index (Phi) is 12.2. The number of likely N-dealkylation sites (N-methyl/N-ethyl adjacent to an activating group) is 1. The predicted molar refractivity (Wildman–Crippen MR) is 104 cm³/mol. The summed E-state index contributed by atoms with van der Waals surface area (Å²) in [5.74, 6) is 0.898. The minimum atomic E-state index is 0. The molecule has 0 spiro atoms.